The average Bonchev–Trinajstić information content (AvgIpc) is 2.53. The summed E-state index contributed by atoms with van der Waals surface area (Å²) in [6.07, 6.45) is 2.90. The second-order valence-electron chi connectivity index (χ2n) is 7.05. The minimum Gasteiger partial charge on any atom is -0.308 e. The largest absolute Gasteiger partial charge is 0.308 e. The molecule has 0 aliphatic carbocycles. The molecular weight excluding hydrogens is 296 g/mol. The van der Waals surface area contributed by atoms with Crippen molar-refractivity contribution in [2.24, 2.45) is 5.92 Å². The first-order valence-electron chi connectivity index (χ1n) is 8.74. The third-order valence-corrected chi connectivity index (χ3v) is 3.84. The number of aromatic nitrogens is 2. The van der Waals surface area contributed by atoms with E-state index in [1.54, 1.807) is 0 Å². The predicted octanol–water partition coefficient (Wildman–Crippen LogP) is 3.24. The van der Waals surface area contributed by atoms with Crippen LogP contribution >= 0.6 is 0 Å². The third kappa shape index (κ3) is 6.77. The highest BCUT2D eigenvalue weighted by atomic mass is 15.2. The van der Waals surface area contributed by atoms with Gasteiger partial charge in [0.05, 0.1) is 11.4 Å². The van der Waals surface area contributed by atoms with E-state index in [9.17, 15) is 0 Å². The van der Waals surface area contributed by atoms with Gasteiger partial charge in [-0.05, 0) is 50.7 Å². The van der Waals surface area contributed by atoms with Crippen LogP contribution in [0.25, 0.3) is 0 Å². The predicted molar refractivity (Wildman–Crippen MR) is 99.7 cm³/mol. The fourth-order valence-electron chi connectivity index (χ4n) is 2.65. The maximum atomic E-state index is 4.85. The molecule has 0 aliphatic rings. The van der Waals surface area contributed by atoms with E-state index in [1.165, 1.54) is 5.69 Å². The molecule has 130 valence electrons. The number of hydrogen-bond donors (Lipinski definition) is 0. The fourth-order valence-corrected chi connectivity index (χ4v) is 2.65. The highest BCUT2D eigenvalue weighted by molar-refractivity contribution is 5.12. The van der Waals surface area contributed by atoms with E-state index in [-0.39, 0.29) is 0 Å². The van der Waals surface area contributed by atoms with Gasteiger partial charge in [0.1, 0.15) is 0 Å². The van der Waals surface area contributed by atoms with Crippen molar-refractivity contribution in [2.45, 2.75) is 33.4 Å². The van der Waals surface area contributed by atoms with Crippen LogP contribution in [-0.2, 0) is 19.5 Å². The lowest BCUT2D eigenvalue weighted by atomic mass is 10.1. The van der Waals surface area contributed by atoms with Crippen LogP contribution in [0.3, 0.4) is 0 Å². The van der Waals surface area contributed by atoms with Crippen LogP contribution in [0, 0.1) is 5.92 Å². The van der Waals surface area contributed by atoms with E-state index in [0.29, 0.717) is 5.92 Å². The van der Waals surface area contributed by atoms with Gasteiger partial charge in [0.25, 0.3) is 0 Å². The summed E-state index contributed by atoms with van der Waals surface area (Å²) in [5.41, 5.74) is 3.44. The van der Waals surface area contributed by atoms with Crippen molar-refractivity contribution < 1.29 is 0 Å². The minimum absolute atomic E-state index is 0.631. The van der Waals surface area contributed by atoms with Gasteiger partial charge < -0.3 is 4.90 Å². The Morgan fingerprint density at radius 3 is 2.25 bits per heavy atom. The van der Waals surface area contributed by atoms with Gasteiger partial charge in [-0.2, -0.15) is 0 Å². The number of hydrogen-bond acceptors (Lipinski definition) is 4. The van der Waals surface area contributed by atoms with Crippen molar-refractivity contribution in [1.82, 2.24) is 19.8 Å². The SMILES string of the molecule is CC(C)Cc1cccc(CN(CCN(C)C)Cc2ccccn2)n1. The Morgan fingerprint density at radius 2 is 1.58 bits per heavy atom. The summed E-state index contributed by atoms with van der Waals surface area (Å²) in [4.78, 5) is 14.0. The zero-order valence-corrected chi connectivity index (χ0v) is 15.4. The van der Waals surface area contributed by atoms with Crippen LogP contribution in [0.1, 0.15) is 30.9 Å². The Bertz CT molecular complexity index is 596. The lowest BCUT2D eigenvalue weighted by Gasteiger charge is -2.23. The monoisotopic (exact) mass is 326 g/mol. The molecule has 0 saturated carbocycles. The zero-order valence-electron chi connectivity index (χ0n) is 15.4. The van der Waals surface area contributed by atoms with Crippen molar-refractivity contribution in [2.75, 3.05) is 27.2 Å². The van der Waals surface area contributed by atoms with Gasteiger partial charge in [-0.25, -0.2) is 0 Å². The van der Waals surface area contributed by atoms with Crippen molar-refractivity contribution in [3.8, 4) is 0 Å². The average molecular weight is 326 g/mol. The molecule has 0 unspecified atom stereocenters. The molecule has 0 aromatic carbocycles. The molecule has 0 spiro atoms. The van der Waals surface area contributed by atoms with Crippen molar-refractivity contribution in [1.29, 1.82) is 0 Å². The molecule has 4 heteroatoms. The highest BCUT2D eigenvalue weighted by Crippen LogP contribution is 2.10. The van der Waals surface area contributed by atoms with E-state index in [0.717, 1.165) is 44.0 Å². The minimum atomic E-state index is 0.631. The van der Waals surface area contributed by atoms with Crippen LogP contribution in [0.2, 0.25) is 0 Å². The van der Waals surface area contributed by atoms with E-state index >= 15 is 0 Å². The molecule has 0 bridgehead atoms. The first-order valence-corrected chi connectivity index (χ1v) is 8.74. The highest BCUT2D eigenvalue weighted by Gasteiger charge is 2.10. The zero-order chi connectivity index (χ0) is 17.4. The fraction of sp³-hybridized carbons (Fsp3) is 0.500. The Labute approximate surface area is 146 Å². The van der Waals surface area contributed by atoms with Crippen molar-refractivity contribution in [3.63, 3.8) is 0 Å². The van der Waals surface area contributed by atoms with Gasteiger partial charge in [-0.15, -0.1) is 0 Å². The lowest BCUT2D eigenvalue weighted by molar-refractivity contribution is 0.221. The molecule has 2 aromatic rings. The van der Waals surface area contributed by atoms with Gasteiger partial charge in [0.15, 0.2) is 0 Å². The van der Waals surface area contributed by atoms with Crippen LogP contribution < -0.4 is 0 Å². The topological polar surface area (TPSA) is 32.3 Å². The summed E-state index contributed by atoms with van der Waals surface area (Å²) in [6, 6.07) is 12.5. The number of rotatable bonds is 9. The Kier molecular flexibility index (Phi) is 7.35. The number of pyridine rings is 2. The maximum absolute atomic E-state index is 4.85. The first kappa shape index (κ1) is 18.6. The first-order chi connectivity index (χ1) is 11.5. The summed E-state index contributed by atoms with van der Waals surface area (Å²) in [7, 11) is 4.22. The summed E-state index contributed by atoms with van der Waals surface area (Å²) >= 11 is 0. The summed E-state index contributed by atoms with van der Waals surface area (Å²) < 4.78 is 0. The summed E-state index contributed by atoms with van der Waals surface area (Å²) in [5, 5.41) is 0. The van der Waals surface area contributed by atoms with Gasteiger partial charge >= 0.3 is 0 Å². The van der Waals surface area contributed by atoms with Crippen molar-refractivity contribution >= 4 is 0 Å². The molecule has 0 fully saturated rings. The Morgan fingerprint density at radius 1 is 0.875 bits per heavy atom. The van der Waals surface area contributed by atoms with Crippen molar-refractivity contribution in [3.05, 3.63) is 59.7 Å². The molecule has 0 N–H and O–H groups in total. The smallest absolute Gasteiger partial charge is 0.0547 e. The van der Waals surface area contributed by atoms with Crippen LogP contribution in [-0.4, -0.2) is 47.0 Å². The van der Waals surface area contributed by atoms with E-state index in [2.05, 4.69) is 67.0 Å². The maximum Gasteiger partial charge on any atom is 0.0547 e. The molecule has 0 radical (unpaired) electrons. The molecule has 0 aliphatic heterocycles. The van der Waals surface area contributed by atoms with Gasteiger partial charge in [-0.1, -0.05) is 26.0 Å². The quantitative estimate of drug-likeness (QED) is 0.708. The molecule has 0 atom stereocenters. The molecule has 0 saturated heterocycles. The molecule has 2 rings (SSSR count). The summed E-state index contributed by atoms with van der Waals surface area (Å²) in [6.45, 7) is 8.21. The lowest BCUT2D eigenvalue weighted by Crippen LogP contribution is -2.31. The second kappa shape index (κ2) is 9.50. The van der Waals surface area contributed by atoms with Crippen LogP contribution in [0.15, 0.2) is 42.6 Å². The Balaban J connectivity index is 2.06. The van der Waals surface area contributed by atoms with Gasteiger partial charge in [0, 0.05) is 38.1 Å². The molecule has 0 amide bonds. The third-order valence-electron chi connectivity index (χ3n) is 3.84. The van der Waals surface area contributed by atoms with Crippen LogP contribution in [0.5, 0.6) is 0 Å². The normalized spacial score (nSPS) is 11.6. The number of likely N-dealkylation sites (N-methyl/N-ethyl adjacent to an activating group) is 1. The summed E-state index contributed by atoms with van der Waals surface area (Å²) in [5.74, 6) is 0.631. The molecule has 4 nitrogen and oxygen atoms in total. The molecular formula is C20H30N4. The van der Waals surface area contributed by atoms with E-state index in [1.807, 2.05) is 18.3 Å². The molecule has 2 heterocycles. The standard InChI is InChI=1S/C20H30N4/c1-17(2)14-18-9-7-10-20(22-18)16-24(13-12-23(3)4)15-19-8-5-6-11-21-19/h5-11,17H,12-16H2,1-4H3. The second-order valence-corrected chi connectivity index (χ2v) is 7.05. The van der Waals surface area contributed by atoms with E-state index in [4.69, 9.17) is 4.98 Å². The van der Waals surface area contributed by atoms with Crippen LogP contribution in [0.4, 0.5) is 0 Å². The van der Waals surface area contributed by atoms with E-state index < -0.39 is 0 Å². The van der Waals surface area contributed by atoms with Gasteiger partial charge in [0.2, 0.25) is 0 Å². The number of nitrogens with zero attached hydrogens (tertiary/aromatic N) is 4. The van der Waals surface area contributed by atoms with Gasteiger partial charge in [-0.3, -0.25) is 14.9 Å². The Hall–Kier alpha value is -1.78. The molecule has 2 aromatic heterocycles. The molecule has 24 heavy (non-hydrogen) atoms.